The molecule has 0 amide bonds. The fourth-order valence-corrected chi connectivity index (χ4v) is 1.64. The van der Waals surface area contributed by atoms with E-state index in [2.05, 4.69) is 11.9 Å². The summed E-state index contributed by atoms with van der Waals surface area (Å²) in [5, 5.41) is 21.3. The van der Waals surface area contributed by atoms with E-state index in [1.807, 2.05) is 0 Å². The zero-order chi connectivity index (χ0) is 13.7. The van der Waals surface area contributed by atoms with Gasteiger partial charge in [-0.05, 0) is 19.8 Å². The lowest BCUT2D eigenvalue weighted by atomic mass is 9.80. The molecule has 0 spiro atoms. The Morgan fingerprint density at radius 1 is 1.50 bits per heavy atom. The van der Waals surface area contributed by atoms with Gasteiger partial charge in [0.25, 0.3) is 0 Å². The molecule has 1 unspecified atom stereocenters. The van der Waals surface area contributed by atoms with Crippen LogP contribution >= 0.6 is 0 Å². The summed E-state index contributed by atoms with van der Waals surface area (Å²) in [4.78, 5) is 21.6. The molecule has 0 heterocycles. The molecule has 18 heavy (non-hydrogen) atoms. The van der Waals surface area contributed by atoms with Gasteiger partial charge in [-0.25, -0.2) is 4.79 Å². The number of nitrogens with one attached hydrogen (secondary N) is 1. The number of ether oxygens (including phenoxy) is 1. The first-order valence-electron chi connectivity index (χ1n) is 5.87. The third-order valence-corrected chi connectivity index (χ3v) is 2.88. The number of rotatable bonds is 7. The van der Waals surface area contributed by atoms with E-state index in [1.165, 1.54) is 6.92 Å². The summed E-state index contributed by atoms with van der Waals surface area (Å²) in [6.07, 6.45) is 0.360. The van der Waals surface area contributed by atoms with E-state index in [1.54, 1.807) is 0 Å². The molecule has 102 valence electrons. The smallest absolute Gasteiger partial charge is 0.333 e. The van der Waals surface area contributed by atoms with Crippen LogP contribution in [0, 0.1) is 5.92 Å². The van der Waals surface area contributed by atoms with Crippen LogP contribution in [0.2, 0.25) is 0 Å². The molecule has 1 atom stereocenters. The number of aliphatic hydroxyl groups is 1. The van der Waals surface area contributed by atoms with Gasteiger partial charge in [0, 0.05) is 18.2 Å². The van der Waals surface area contributed by atoms with Gasteiger partial charge in [-0.2, -0.15) is 0 Å². The highest BCUT2D eigenvalue weighted by molar-refractivity contribution is 5.86. The first kappa shape index (κ1) is 14.7. The first-order chi connectivity index (χ1) is 8.40. The highest BCUT2D eigenvalue weighted by Crippen LogP contribution is 2.27. The number of carboxylic acids is 1. The summed E-state index contributed by atoms with van der Waals surface area (Å²) in [5.74, 6) is -1.58. The van der Waals surface area contributed by atoms with Crippen molar-refractivity contribution in [2.75, 3.05) is 13.2 Å². The van der Waals surface area contributed by atoms with Gasteiger partial charge in [-0.1, -0.05) is 6.58 Å². The van der Waals surface area contributed by atoms with Crippen molar-refractivity contribution in [1.82, 2.24) is 5.32 Å². The topological polar surface area (TPSA) is 95.9 Å². The van der Waals surface area contributed by atoms with Crippen molar-refractivity contribution in [3.63, 3.8) is 0 Å². The summed E-state index contributed by atoms with van der Waals surface area (Å²) >= 11 is 0. The average Bonchev–Trinajstić information content (AvgIpc) is 2.22. The molecule has 1 saturated carbocycles. The number of esters is 1. The molecule has 6 heteroatoms. The molecule has 0 aromatic rings. The van der Waals surface area contributed by atoms with Crippen molar-refractivity contribution >= 4 is 11.9 Å². The maximum Gasteiger partial charge on any atom is 0.333 e. The zero-order valence-electron chi connectivity index (χ0n) is 10.4. The number of carbonyl (C=O) groups excluding carboxylic acids is 1. The second kappa shape index (κ2) is 6.51. The Bertz CT molecular complexity index is 335. The molecule has 0 aromatic heterocycles. The molecule has 1 fully saturated rings. The Morgan fingerprint density at radius 3 is 2.61 bits per heavy atom. The summed E-state index contributed by atoms with van der Waals surface area (Å²) in [6, 6.07) is 0.123. The molecule has 0 radical (unpaired) electrons. The third-order valence-electron chi connectivity index (χ3n) is 2.88. The van der Waals surface area contributed by atoms with Crippen LogP contribution in [0.5, 0.6) is 0 Å². The zero-order valence-corrected chi connectivity index (χ0v) is 10.4. The predicted octanol–water partition coefficient (Wildman–Crippen LogP) is -0.0806. The fourth-order valence-electron chi connectivity index (χ4n) is 1.64. The Kier molecular flexibility index (Phi) is 5.30. The van der Waals surface area contributed by atoms with Crippen LogP contribution in [-0.2, 0) is 14.3 Å². The number of aliphatic carboxylic acids is 1. The Morgan fingerprint density at radius 2 is 2.11 bits per heavy atom. The highest BCUT2D eigenvalue weighted by atomic mass is 16.5. The number of hydrogen-bond acceptors (Lipinski definition) is 5. The van der Waals surface area contributed by atoms with E-state index < -0.39 is 18.0 Å². The minimum Gasteiger partial charge on any atom is -0.481 e. The van der Waals surface area contributed by atoms with Gasteiger partial charge in [0.15, 0.2) is 0 Å². The van der Waals surface area contributed by atoms with Crippen LogP contribution in [0.15, 0.2) is 12.2 Å². The van der Waals surface area contributed by atoms with Gasteiger partial charge >= 0.3 is 11.9 Å². The summed E-state index contributed by atoms with van der Waals surface area (Å²) < 4.78 is 4.79. The van der Waals surface area contributed by atoms with Crippen molar-refractivity contribution in [1.29, 1.82) is 0 Å². The van der Waals surface area contributed by atoms with E-state index in [-0.39, 0.29) is 25.1 Å². The molecule has 3 N–H and O–H groups in total. The van der Waals surface area contributed by atoms with Crippen LogP contribution in [0.25, 0.3) is 0 Å². The van der Waals surface area contributed by atoms with Crippen LogP contribution < -0.4 is 5.32 Å². The molecule has 0 bridgehead atoms. The standard InChI is InChI=1S/C12H19NO5/c1-7(2)12(17)18-6-10(14)5-13-9-3-8(4-9)11(15)16/h8-10,13-14H,1,3-6H2,2H3,(H,15,16). The Hall–Kier alpha value is -1.40. The number of hydrogen-bond donors (Lipinski definition) is 3. The normalized spacial score (nSPS) is 23.9. The lowest BCUT2D eigenvalue weighted by Gasteiger charge is -2.33. The Balaban J connectivity index is 2.08. The number of carboxylic acid groups (broad SMARTS) is 1. The lowest BCUT2D eigenvalue weighted by molar-refractivity contribution is -0.146. The monoisotopic (exact) mass is 257 g/mol. The van der Waals surface area contributed by atoms with Crippen molar-refractivity contribution in [2.45, 2.75) is 31.9 Å². The Labute approximate surface area is 106 Å². The van der Waals surface area contributed by atoms with E-state index in [0.717, 1.165) is 0 Å². The summed E-state index contributed by atoms with van der Waals surface area (Å²) in [7, 11) is 0. The van der Waals surface area contributed by atoms with Gasteiger partial charge in [0.05, 0.1) is 5.92 Å². The van der Waals surface area contributed by atoms with E-state index in [4.69, 9.17) is 9.84 Å². The van der Waals surface area contributed by atoms with Crippen molar-refractivity contribution in [3.8, 4) is 0 Å². The fraction of sp³-hybridized carbons (Fsp3) is 0.667. The van der Waals surface area contributed by atoms with Gasteiger partial charge < -0.3 is 20.3 Å². The maximum absolute atomic E-state index is 11.1. The average molecular weight is 257 g/mol. The van der Waals surface area contributed by atoms with Gasteiger partial charge in [-0.15, -0.1) is 0 Å². The minimum atomic E-state index is -0.794. The van der Waals surface area contributed by atoms with Crippen molar-refractivity contribution < 1.29 is 24.5 Å². The second-order valence-corrected chi connectivity index (χ2v) is 4.64. The molecule has 1 rings (SSSR count). The highest BCUT2D eigenvalue weighted by Gasteiger charge is 2.34. The maximum atomic E-state index is 11.1. The summed E-state index contributed by atoms with van der Waals surface area (Å²) in [5.41, 5.74) is 0.290. The van der Waals surface area contributed by atoms with Gasteiger partial charge in [0.1, 0.15) is 12.7 Å². The number of aliphatic hydroxyl groups excluding tert-OH is 1. The van der Waals surface area contributed by atoms with Gasteiger partial charge in [0.2, 0.25) is 0 Å². The summed E-state index contributed by atoms with van der Waals surface area (Å²) in [6.45, 7) is 5.15. The third kappa shape index (κ3) is 4.46. The first-order valence-corrected chi connectivity index (χ1v) is 5.87. The van der Waals surface area contributed by atoms with E-state index in [0.29, 0.717) is 18.4 Å². The van der Waals surface area contributed by atoms with Crippen LogP contribution in [-0.4, -0.2) is 47.4 Å². The minimum absolute atomic E-state index is 0.0895. The molecule has 1 aliphatic rings. The van der Waals surface area contributed by atoms with Gasteiger partial charge in [-0.3, -0.25) is 4.79 Å². The van der Waals surface area contributed by atoms with Crippen LogP contribution in [0.3, 0.4) is 0 Å². The predicted molar refractivity (Wildman–Crippen MR) is 63.9 cm³/mol. The van der Waals surface area contributed by atoms with E-state index >= 15 is 0 Å². The lowest BCUT2D eigenvalue weighted by Crippen LogP contribution is -2.47. The van der Waals surface area contributed by atoms with Crippen molar-refractivity contribution in [2.24, 2.45) is 5.92 Å². The largest absolute Gasteiger partial charge is 0.481 e. The molecule has 0 saturated heterocycles. The van der Waals surface area contributed by atoms with E-state index in [9.17, 15) is 14.7 Å². The molecular formula is C12H19NO5. The molecule has 6 nitrogen and oxygen atoms in total. The molecular weight excluding hydrogens is 238 g/mol. The van der Waals surface area contributed by atoms with Crippen LogP contribution in [0.4, 0.5) is 0 Å². The quantitative estimate of drug-likeness (QED) is 0.436. The number of carbonyl (C=O) groups is 2. The molecule has 1 aliphatic carbocycles. The SMILES string of the molecule is C=C(C)C(=O)OCC(O)CNC1CC(C(=O)O)C1. The molecule has 0 aromatic carbocycles. The molecule has 0 aliphatic heterocycles. The van der Waals surface area contributed by atoms with Crippen LogP contribution in [0.1, 0.15) is 19.8 Å². The second-order valence-electron chi connectivity index (χ2n) is 4.64. The van der Waals surface area contributed by atoms with Crippen molar-refractivity contribution in [3.05, 3.63) is 12.2 Å².